The highest BCUT2D eigenvalue weighted by Gasteiger charge is 2.35. The summed E-state index contributed by atoms with van der Waals surface area (Å²) in [5.74, 6) is 0.939. The zero-order valence-corrected chi connectivity index (χ0v) is 16.9. The van der Waals surface area contributed by atoms with E-state index in [1.54, 1.807) is 12.0 Å². The minimum atomic E-state index is -0.0421. The minimum Gasteiger partial charge on any atom is -0.497 e. The Morgan fingerprint density at radius 1 is 1.18 bits per heavy atom. The summed E-state index contributed by atoms with van der Waals surface area (Å²) in [7, 11) is 1.68. The molecular weight excluding hydrogens is 352 g/mol. The largest absolute Gasteiger partial charge is 0.497 e. The predicted octanol–water partition coefficient (Wildman–Crippen LogP) is 3.44. The second kappa shape index (κ2) is 9.26. The van der Waals surface area contributed by atoms with Crippen LogP contribution in [0.3, 0.4) is 0 Å². The fraction of sp³-hybridized carbons (Fsp3) is 0.565. The fourth-order valence-corrected chi connectivity index (χ4v) is 4.63. The number of hydrogen-bond acceptors (Lipinski definition) is 3. The number of nitrogens with one attached hydrogen (secondary N) is 1. The Balaban J connectivity index is 1.61. The van der Waals surface area contributed by atoms with Gasteiger partial charge in [0.2, 0.25) is 11.8 Å². The third kappa shape index (κ3) is 4.57. The lowest BCUT2D eigenvalue weighted by atomic mass is 9.69. The van der Waals surface area contributed by atoms with Gasteiger partial charge in [-0.3, -0.25) is 9.59 Å². The molecule has 1 aliphatic heterocycles. The number of piperidine rings is 1. The van der Waals surface area contributed by atoms with Crippen molar-refractivity contribution < 1.29 is 14.3 Å². The summed E-state index contributed by atoms with van der Waals surface area (Å²) in [5.41, 5.74) is 1.30. The van der Waals surface area contributed by atoms with Crippen molar-refractivity contribution in [1.82, 2.24) is 10.2 Å². The number of benzene rings is 1. The highest BCUT2D eigenvalue weighted by atomic mass is 16.5. The maximum atomic E-state index is 12.8. The Morgan fingerprint density at radius 3 is 2.39 bits per heavy atom. The molecule has 2 fully saturated rings. The van der Waals surface area contributed by atoms with Crippen LogP contribution in [0.5, 0.6) is 5.75 Å². The number of ether oxygens (including phenoxy) is 1. The third-order valence-electron chi connectivity index (χ3n) is 6.47. The molecular formula is C23H32N2O3. The molecule has 1 aromatic rings. The summed E-state index contributed by atoms with van der Waals surface area (Å²) >= 11 is 0. The van der Waals surface area contributed by atoms with Gasteiger partial charge in [-0.1, -0.05) is 38.0 Å². The van der Waals surface area contributed by atoms with Crippen LogP contribution in [0.4, 0.5) is 0 Å². The van der Waals surface area contributed by atoms with Crippen molar-refractivity contribution in [1.29, 1.82) is 0 Å². The van der Waals surface area contributed by atoms with Gasteiger partial charge in [0.05, 0.1) is 7.11 Å². The molecule has 0 bridgehead atoms. The lowest BCUT2D eigenvalue weighted by Crippen LogP contribution is -2.46. The van der Waals surface area contributed by atoms with Gasteiger partial charge in [-0.05, 0) is 49.5 Å². The number of methoxy groups -OCH3 is 1. The van der Waals surface area contributed by atoms with Crippen LogP contribution in [-0.4, -0.2) is 43.5 Å². The van der Waals surface area contributed by atoms with E-state index in [-0.39, 0.29) is 23.1 Å². The van der Waals surface area contributed by atoms with Crippen LogP contribution < -0.4 is 10.1 Å². The van der Waals surface area contributed by atoms with Gasteiger partial charge in [0, 0.05) is 31.0 Å². The molecule has 0 aromatic heterocycles. The van der Waals surface area contributed by atoms with E-state index >= 15 is 0 Å². The van der Waals surface area contributed by atoms with E-state index in [2.05, 4.69) is 24.0 Å². The van der Waals surface area contributed by atoms with Crippen molar-refractivity contribution in [3.8, 4) is 5.75 Å². The SMILES string of the molecule is C=CC(=O)N1CCC(C(=O)NCC2(c3ccc(OC)cc3)CCCCC2)CC1. The molecule has 1 aromatic carbocycles. The van der Waals surface area contributed by atoms with Crippen molar-refractivity contribution >= 4 is 11.8 Å². The summed E-state index contributed by atoms with van der Waals surface area (Å²) in [4.78, 5) is 26.3. The molecule has 1 aliphatic carbocycles. The Labute approximate surface area is 168 Å². The van der Waals surface area contributed by atoms with Gasteiger partial charge in [-0.2, -0.15) is 0 Å². The first-order valence-electron chi connectivity index (χ1n) is 10.4. The molecule has 1 saturated carbocycles. The number of hydrogen-bond donors (Lipinski definition) is 1. The molecule has 0 radical (unpaired) electrons. The summed E-state index contributed by atoms with van der Waals surface area (Å²) in [6, 6.07) is 8.32. The number of carbonyl (C=O) groups is 2. The standard InChI is InChI=1S/C23H32N2O3/c1-3-21(26)25-15-11-18(12-16-25)22(27)24-17-23(13-5-4-6-14-23)19-7-9-20(28-2)10-8-19/h3,7-10,18H,1,4-6,11-17H2,2H3,(H,24,27). The second-order valence-electron chi connectivity index (χ2n) is 8.09. The van der Waals surface area contributed by atoms with Crippen molar-refractivity contribution in [3.63, 3.8) is 0 Å². The summed E-state index contributed by atoms with van der Waals surface area (Å²) < 4.78 is 5.30. The second-order valence-corrected chi connectivity index (χ2v) is 8.09. The van der Waals surface area contributed by atoms with Crippen molar-refractivity contribution in [2.75, 3.05) is 26.7 Å². The molecule has 2 aliphatic rings. The third-order valence-corrected chi connectivity index (χ3v) is 6.47. The molecule has 152 valence electrons. The molecule has 0 spiro atoms. The van der Waals surface area contributed by atoms with Gasteiger partial charge < -0.3 is 15.0 Å². The quantitative estimate of drug-likeness (QED) is 0.765. The van der Waals surface area contributed by atoms with Gasteiger partial charge in [0.15, 0.2) is 0 Å². The first kappa shape index (κ1) is 20.4. The van der Waals surface area contributed by atoms with Crippen LogP contribution in [0.25, 0.3) is 0 Å². The molecule has 0 atom stereocenters. The zero-order chi connectivity index (χ0) is 20.0. The molecule has 3 rings (SSSR count). The van der Waals surface area contributed by atoms with Gasteiger partial charge in [0.1, 0.15) is 5.75 Å². The van der Waals surface area contributed by atoms with Crippen LogP contribution in [0.1, 0.15) is 50.5 Å². The minimum absolute atomic E-state index is 0.00891. The van der Waals surface area contributed by atoms with Gasteiger partial charge >= 0.3 is 0 Å². The summed E-state index contributed by atoms with van der Waals surface area (Å²) in [6.07, 6.45) is 8.66. The monoisotopic (exact) mass is 384 g/mol. The summed E-state index contributed by atoms with van der Waals surface area (Å²) in [6.45, 7) is 5.49. The predicted molar refractivity (Wildman–Crippen MR) is 110 cm³/mol. The van der Waals surface area contributed by atoms with E-state index in [0.29, 0.717) is 19.6 Å². The van der Waals surface area contributed by atoms with Crippen molar-refractivity contribution in [3.05, 3.63) is 42.5 Å². The van der Waals surface area contributed by atoms with E-state index in [9.17, 15) is 9.59 Å². The molecule has 5 heteroatoms. The lowest BCUT2D eigenvalue weighted by Gasteiger charge is -2.39. The van der Waals surface area contributed by atoms with Gasteiger partial charge in [-0.25, -0.2) is 0 Å². The van der Waals surface area contributed by atoms with Crippen molar-refractivity contribution in [2.45, 2.75) is 50.4 Å². The zero-order valence-electron chi connectivity index (χ0n) is 16.9. The van der Waals surface area contributed by atoms with Gasteiger partial charge in [-0.15, -0.1) is 0 Å². The molecule has 1 saturated heterocycles. The maximum Gasteiger partial charge on any atom is 0.245 e. The van der Waals surface area contributed by atoms with Gasteiger partial charge in [0.25, 0.3) is 0 Å². The molecule has 2 amide bonds. The normalized spacial score (nSPS) is 19.7. The summed E-state index contributed by atoms with van der Waals surface area (Å²) in [5, 5.41) is 3.25. The Bertz CT molecular complexity index is 684. The molecule has 1 heterocycles. The average molecular weight is 385 g/mol. The maximum absolute atomic E-state index is 12.8. The topological polar surface area (TPSA) is 58.6 Å². The Hall–Kier alpha value is -2.30. The number of nitrogens with zero attached hydrogens (tertiary/aromatic N) is 1. The number of amides is 2. The van der Waals surface area contributed by atoms with E-state index < -0.39 is 0 Å². The van der Waals surface area contributed by atoms with Crippen LogP contribution in [0.2, 0.25) is 0 Å². The number of likely N-dealkylation sites (tertiary alicyclic amines) is 1. The van der Waals surface area contributed by atoms with Crippen molar-refractivity contribution in [2.24, 2.45) is 5.92 Å². The Morgan fingerprint density at radius 2 is 1.82 bits per heavy atom. The van der Waals surface area contributed by atoms with E-state index in [4.69, 9.17) is 4.74 Å². The number of rotatable bonds is 6. The first-order valence-corrected chi connectivity index (χ1v) is 10.4. The fourth-order valence-electron chi connectivity index (χ4n) is 4.63. The van der Waals surface area contributed by atoms with E-state index in [0.717, 1.165) is 31.4 Å². The average Bonchev–Trinajstić information content (AvgIpc) is 2.77. The highest BCUT2D eigenvalue weighted by Crippen LogP contribution is 2.39. The van der Waals surface area contributed by atoms with E-state index in [1.165, 1.54) is 30.9 Å². The van der Waals surface area contributed by atoms with Crippen LogP contribution in [-0.2, 0) is 15.0 Å². The smallest absolute Gasteiger partial charge is 0.245 e. The van der Waals surface area contributed by atoms with Crippen LogP contribution >= 0.6 is 0 Å². The lowest BCUT2D eigenvalue weighted by molar-refractivity contribution is -0.132. The number of carbonyl (C=O) groups excluding carboxylic acids is 2. The molecule has 0 unspecified atom stereocenters. The first-order chi connectivity index (χ1) is 13.6. The van der Waals surface area contributed by atoms with E-state index in [1.807, 2.05) is 12.1 Å². The molecule has 28 heavy (non-hydrogen) atoms. The molecule has 1 N–H and O–H groups in total. The highest BCUT2D eigenvalue weighted by molar-refractivity contribution is 5.87. The Kier molecular flexibility index (Phi) is 6.76. The van der Waals surface area contributed by atoms with Crippen LogP contribution in [0.15, 0.2) is 36.9 Å². The molecule has 5 nitrogen and oxygen atoms in total. The van der Waals surface area contributed by atoms with Crippen LogP contribution in [0, 0.1) is 5.92 Å².